The molecule has 1 aromatic carbocycles. The van der Waals surface area contributed by atoms with Crippen LogP contribution in [0.5, 0.6) is 11.5 Å². The summed E-state index contributed by atoms with van der Waals surface area (Å²) in [7, 11) is 1.59. The van der Waals surface area contributed by atoms with Crippen LogP contribution in [0.15, 0.2) is 18.2 Å². The fraction of sp³-hybridized carbons (Fsp3) is 0.611. The van der Waals surface area contributed by atoms with Gasteiger partial charge in [0.15, 0.2) is 11.5 Å². The molecule has 1 amide bonds. The van der Waals surface area contributed by atoms with Crippen LogP contribution in [0.1, 0.15) is 44.0 Å². The van der Waals surface area contributed by atoms with E-state index < -0.39 is 0 Å². The summed E-state index contributed by atoms with van der Waals surface area (Å²) in [5, 5.41) is 0. The van der Waals surface area contributed by atoms with Crippen LogP contribution >= 0.6 is 0 Å². The van der Waals surface area contributed by atoms with Gasteiger partial charge in [-0.2, -0.15) is 0 Å². The number of hydrogen-bond acceptors (Lipinski definition) is 4. The number of carbonyl (C=O) groups is 1. The summed E-state index contributed by atoms with van der Waals surface area (Å²) in [6, 6.07) is 5.48. The van der Waals surface area contributed by atoms with E-state index in [1.807, 2.05) is 25.7 Å². The largest absolute Gasteiger partial charge is 0.493 e. The van der Waals surface area contributed by atoms with Gasteiger partial charge in [-0.25, -0.2) is 0 Å². The lowest BCUT2D eigenvalue weighted by molar-refractivity contribution is 0.0660. The Morgan fingerprint density at radius 2 is 2.04 bits per heavy atom. The minimum Gasteiger partial charge on any atom is -0.493 e. The lowest BCUT2D eigenvalue weighted by Crippen LogP contribution is -2.45. The normalized spacial score (nSPS) is 19.6. The molecule has 2 atom stereocenters. The van der Waals surface area contributed by atoms with Crippen molar-refractivity contribution < 1.29 is 14.3 Å². The molecule has 2 N–H and O–H groups in total. The van der Waals surface area contributed by atoms with Crippen LogP contribution in [-0.4, -0.2) is 43.2 Å². The third-order valence-corrected chi connectivity index (χ3v) is 4.26. The first kappa shape index (κ1) is 17.6. The third-order valence-electron chi connectivity index (χ3n) is 4.26. The molecule has 5 nitrogen and oxygen atoms in total. The minimum atomic E-state index is 0.0322. The first-order valence-corrected chi connectivity index (χ1v) is 8.32. The zero-order chi connectivity index (χ0) is 17.0. The molecule has 0 bridgehead atoms. The Kier molecular flexibility index (Phi) is 5.88. The van der Waals surface area contributed by atoms with Crippen LogP contribution in [-0.2, 0) is 0 Å². The number of rotatable bonds is 5. The molecule has 1 saturated heterocycles. The Balaban J connectivity index is 2.15. The topological polar surface area (TPSA) is 64.8 Å². The SMILES string of the molecule is COc1cc(C(=O)N2CCC[C@H]([C@@H](C)N)C2)ccc1OC(C)C. The number of hydrogen-bond donors (Lipinski definition) is 1. The van der Waals surface area contributed by atoms with Crippen LogP contribution in [0.4, 0.5) is 0 Å². The molecule has 0 radical (unpaired) electrons. The second-order valence-corrected chi connectivity index (χ2v) is 6.54. The van der Waals surface area contributed by atoms with Crippen molar-refractivity contribution in [3.63, 3.8) is 0 Å². The number of nitrogens with two attached hydrogens (primary N) is 1. The van der Waals surface area contributed by atoms with Gasteiger partial charge in [0.25, 0.3) is 5.91 Å². The number of ether oxygens (including phenoxy) is 2. The molecular formula is C18H28N2O3. The van der Waals surface area contributed by atoms with E-state index in [1.54, 1.807) is 25.3 Å². The summed E-state index contributed by atoms with van der Waals surface area (Å²) >= 11 is 0. The minimum absolute atomic E-state index is 0.0322. The van der Waals surface area contributed by atoms with E-state index in [0.717, 1.165) is 25.9 Å². The smallest absolute Gasteiger partial charge is 0.254 e. The summed E-state index contributed by atoms with van der Waals surface area (Å²) in [5.74, 6) is 1.65. The van der Waals surface area contributed by atoms with Crippen molar-refractivity contribution in [1.82, 2.24) is 4.90 Å². The molecule has 1 fully saturated rings. The Morgan fingerprint density at radius 3 is 2.65 bits per heavy atom. The summed E-state index contributed by atoms with van der Waals surface area (Å²) in [6.45, 7) is 7.44. The van der Waals surface area contributed by atoms with E-state index in [1.165, 1.54) is 0 Å². The maximum Gasteiger partial charge on any atom is 0.254 e. The predicted molar refractivity (Wildman–Crippen MR) is 91.0 cm³/mol. The van der Waals surface area contributed by atoms with Crippen molar-refractivity contribution in [2.75, 3.05) is 20.2 Å². The van der Waals surface area contributed by atoms with Gasteiger partial charge in [-0.05, 0) is 57.7 Å². The van der Waals surface area contributed by atoms with Gasteiger partial charge in [-0.15, -0.1) is 0 Å². The van der Waals surface area contributed by atoms with Gasteiger partial charge < -0.3 is 20.1 Å². The van der Waals surface area contributed by atoms with Gasteiger partial charge in [-0.3, -0.25) is 4.79 Å². The Labute approximate surface area is 138 Å². The highest BCUT2D eigenvalue weighted by Gasteiger charge is 2.27. The molecule has 0 spiro atoms. The zero-order valence-corrected chi connectivity index (χ0v) is 14.5. The van der Waals surface area contributed by atoms with Crippen molar-refractivity contribution in [3.05, 3.63) is 23.8 Å². The number of benzene rings is 1. The lowest BCUT2D eigenvalue weighted by Gasteiger charge is -2.34. The van der Waals surface area contributed by atoms with Crippen LogP contribution in [0.3, 0.4) is 0 Å². The molecule has 1 heterocycles. The van der Waals surface area contributed by atoms with Crippen molar-refractivity contribution in [2.45, 2.75) is 45.8 Å². The molecule has 5 heteroatoms. The van der Waals surface area contributed by atoms with Crippen molar-refractivity contribution in [3.8, 4) is 11.5 Å². The van der Waals surface area contributed by atoms with E-state index in [4.69, 9.17) is 15.2 Å². The van der Waals surface area contributed by atoms with Gasteiger partial charge in [-0.1, -0.05) is 0 Å². The van der Waals surface area contributed by atoms with E-state index in [0.29, 0.717) is 23.0 Å². The maximum absolute atomic E-state index is 12.8. The number of methoxy groups -OCH3 is 1. The Hall–Kier alpha value is -1.75. The lowest BCUT2D eigenvalue weighted by atomic mass is 9.92. The van der Waals surface area contributed by atoms with E-state index in [-0.39, 0.29) is 18.1 Å². The van der Waals surface area contributed by atoms with Gasteiger partial charge >= 0.3 is 0 Å². The highest BCUT2D eigenvalue weighted by Crippen LogP contribution is 2.30. The molecular weight excluding hydrogens is 292 g/mol. The summed E-state index contributed by atoms with van der Waals surface area (Å²) in [4.78, 5) is 14.7. The maximum atomic E-state index is 12.8. The molecule has 128 valence electrons. The monoisotopic (exact) mass is 320 g/mol. The molecule has 0 aromatic heterocycles. The van der Waals surface area contributed by atoms with Gasteiger partial charge in [0.05, 0.1) is 13.2 Å². The average Bonchev–Trinajstić information content (AvgIpc) is 2.54. The predicted octanol–water partition coefficient (Wildman–Crippen LogP) is 2.68. The quantitative estimate of drug-likeness (QED) is 0.906. The van der Waals surface area contributed by atoms with E-state index >= 15 is 0 Å². The number of carbonyl (C=O) groups excluding carboxylic acids is 1. The average molecular weight is 320 g/mol. The number of piperidine rings is 1. The molecule has 23 heavy (non-hydrogen) atoms. The number of likely N-dealkylation sites (tertiary alicyclic amines) is 1. The Morgan fingerprint density at radius 1 is 1.30 bits per heavy atom. The second kappa shape index (κ2) is 7.68. The second-order valence-electron chi connectivity index (χ2n) is 6.54. The van der Waals surface area contributed by atoms with E-state index in [2.05, 4.69) is 0 Å². The fourth-order valence-corrected chi connectivity index (χ4v) is 2.96. The van der Waals surface area contributed by atoms with Crippen molar-refractivity contribution >= 4 is 5.91 Å². The highest BCUT2D eigenvalue weighted by molar-refractivity contribution is 5.95. The van der Waals surface area contributed by atoms with Crippen molar-refractivity contribution in [2.24, 2.45) is 11.7 Å². The van der Waals surface area contributed by atoms with Crippen LogP contribution in [0, 0.1) is 5.92 Å². The highest BCUT2D eigenvalue weighted by atomic mass is 16.5. The molecule has 1 aliphatic heterocycles. The molecule has 0 aliphatic carbocycles. The molecule has 2 rings (SSSR count). The van der Waals surface area contributed by atoms with Gasteiger partial charge in [0.1, 0.15) is 0 Å². The first-order chi connectivity index (χ1) is 10.9. The van der Waals surface area contributed by atoms with Gasteiger partial charge in [0, 0.05) is 24.7 Å². The first-order valence-electron chi connectivity index (χ1n) is 8.32. The van der Waals surface area contributed by atoms with Crippen molar-refractivity contribution in [1.29, 1.82) is 0 Å². The zero-order valence-electron chi connectivity index (χ0n) is 14.5. The van der Waals surface area contributed by atoms with Crippen LogP contribution in [0.2, 0.25) is 0 Å². The third kappa shape index (κ3) is 4.38. The Bertz CT molecular complexity index is 543. The molecule has 0 unspecified atom stereocenters. The number of amides is 1. The molecule has 1 aliphatic rings. The summed E-state index contributed by atoms with van der Waals surface area (Å²) in [6.07, 6.45) is 2.15. The van der Waals surface area contributed by atoms with Gasteiger partial charge in [0.2, 0.25) is 0 Å². The van der Waals surface area contributed by atoms with E-state index in [9.17, 15) is 4.79 Å². The van der Waals surface area contributed by atoms with Crippen LogP contribution in [0.25, 0.3) is 0 Å². The van der Waals surface area contributed by atoms with Crippen LogP contribution < -0.4 is 15.2 Å². The summed E-state index contributed by atoms with van der Waals surface area (Å²) < 4.78 is 11.1. The molecule has 1 aromatic rings. The summed E-state index contributed by atoms with van der Waals surface area (Å²) in [5.41, 5.74) is 6.63. The standard InChI is InChI=1S/C18H28N2O3/c1-12(2)23-16-8-7-14(10-17(16)22-4)18(21)20-9-5-6-15(11-20)13(3)19/h7-8,10,12-13,15H,5-6,9,11,19H2,1-4H3/t13-,15+/m1/s1. The fourth-order valence-electron chi connectivity index (χ4n) is 2.96. The molecule has 0 saturated carbocycles. The number of nitrogens with zero attached hydrogens (tertiary/aromatic N) is 1.